The van der Waals surface area contributed by atoms with Crippen molar-refractivity contribution in [1.29, 1.82) is 0 Å². The van der Waals surface area contributed by atoms with Crippen molar-refractivity contribution in [1.82, 2.24) is 30.4 Å². The van der Waals surface area contributed by atoms with Crippen LogP contribution in [0.1, 0.15) is 34.1 Å². The Morgan fingerprint density at radius 1 is 1.13 bits per heavy atom. The molecule has 0 aliphatic carbocycles. The Labute approximate surface area is 183 Å². The summed E-state index contributed by atoms with van der Waals surface area (Å²) in [5.74, 6) is -0.248. The number of tetrazole rings is 1. The van der Waals surface area contributed by atoms with Gasteiger partial charge in [0, 0.05) is 35.5 Å². The molecule has 0 aliphatic heterocycles. The molecule has 2 amide bonds. The van der Waals surface area contributed by atoms with Crippen LogP contribution in [0.15, 0.2) is 60.2 Å². The molecule has 31 heavy (non-hydrogen) atoms. The van der Waals surface area contributed by atoms with E-state index in [1.165, 1.54) is 11.0 Å². The van der Waals surface area contributed by atoms with Crippen LogP contribution < -0.4 is 5.32 Å². The van der Waals surface area contributed by atoms with Crippen molar-refractivity contribution < 1.29 is 9.59 Å². The number of carbonyl (C=O) groups excluding carboxylic acids is 2. The quantitative estimate of drug-likeness (QED) is 0.482. The van der Waals surface area contributed by atoms with Gasteiger partial charge in [-0.15, -0.1) is 16.4 Å². The summed E-state index contributed by atoms with van der Waals surface area (Å²) in [5.41, 5.74) is 1.95. The summed E-state index contributed by atoms with van der Waals surface area (Å²) in [6.07, 6.45) is 2.20. The van der Waals surface area contributed by atoms with E-state index in [0.29, 0.717) is 24.1 Å². The van der Waals surface area contributed by atoms with E-state index in [4.69, 9.17) is 0 Å². The molecule has 8 nitrogen and oxygen atoms in total. The number of aromatic nitrogens is 4. The highest BCUT2D eigenvalue weighted by Gasteiger charge is 2.19. The first kappa shape index (κ1) is 20.7. The Kier molecular flexibility index (Phi) is 6.03. The van der Waals surface area contributed by atoms with Gasteiger partial charge in [-0.25, -0.2) is 4.68 Å². The number of thiophene rings is 1. The normalized spacial score (nSPS) is 11.9. The zero-order chi connectivity index (χ0) is 21.8. The number of hydrogen-bond acceptors (Lipinski definition) is 6. The van der Waals surface area contributed by atoms with E-state index in [-0.39, 0.29) is 17.9 Å². The Hall–Kier alpha value is -3.59. The van der Waals surface area contributed by atoms with Crippen LogP contribution in [-0.2, 0) is 0 Å². The molecule has 1 unspecified atom stereocenters. The average molecular weight is 435 g/mol. The van der Waals surface area contributed by atoms with Gasteiger partial charge in [-0.2, -0.15) is 0 Å². The maximum atomic E-state index is 12.9. The number of rotatable bonds is 7. The van der Waals surface area contributed by atoms with Gasteiger partial charge in [0.15, 0.2) is 0 Å². The number of amides is 2. The van der Waals surface area contributed by atoms with Gasteiger partial charge in [-0.05, 0) is 76.1 Å². The van der Waals surface area contributed by atoms with Crippen molar-refractivity contribution in [2.45, 2.75) is 19.4 Å². The fourth-order valence-corrected chi connectivity index (χ4v) is 4.10. The van der Waals surface area contributed by atoms with E-state index in [9.17, 15) is 9.59 Å². The third kappa shape index (κ3) is 4.61. The summed E-state index contributed by atoms with van der Waals surface area (Å²) in [6.45, 7) is 2.41. The highest BCUT2D eigenvalue weighted by Crippen LogP contribution is 2.22. The largest absolute Gasteiger partial charge is 0.348 e. The van der Waals surface area contributed by atoms with Gasteiger partial charge in [0.25, 0.3) is 11.8 Å². The number of hydrogen-bond donors (Lipinski definition) is 1. The molecule has 0 saturated carbocycles. The Bertz CT molecular complexity index is 1190. The second kappa shape index (κ2) is 9.05. The molecule has 4 aromatic rings. The second-order valence-electron chi connectivity index (χ2n) is 7.24. The van der Waals surface area contributed by atoms with Gasteiger partial charge in [0.05, 0.1) is 5.69 Å². The lowest BCUT2D eigenvalue weighted by atomic mass is 10.1. The molecule has 0 bridgehead atoms. The minimum atomic E-state index is -0.185. The Morgan fingerprint density at radius 3 is 2.61 bits per heavy atom. The Morgan fingerprint density at radius 2 is 1.90 bits per heavy atom. The molecule has 1 atom stereocenters. The maximum absolute atomic E-state index is 12.9. The maximum Gasteiger partial charge on any atom is 0.253 e. The van der Waals surface area contributed by atoms with Crippen LogP contribution in [0.5, 0.6) is 0 Å². The zero-order valence-corrected chi connectivity index (χ0v) is 18.0. The molecule has 0 saturated heterocycles. The van der Waals surface area contributed by atoms with Gasteiger partial charge < -0.3 is 10.2 Å². The monoisotopic (exact) mass is 434 g/mol. The lowest BCUT2D eigenvalue weighted by Gasteiger charge is -2.24. The lowest BCUT2D eigenvalue weighted by Crippen LogP contribution is -2.44. The standard InChI is InChI=1S/C22H22N6O2S/c1-3-18(13-27(2)22(30)17-6-9-20-16(12-17)10-11-31-20)24-21(29)15-4-7-19(8-5-15)28-14-23-25-26-28/h4-12,14,18H,3,13H2,1-2H3,(H,24,29). The number of nitrogens with zero attached hydrogens (tertiary/aromatic N) is 5. The number of nitrogens with one attached hydrogen (secondary N) is 1. The van der Waals surface area contributed by atoms with Crippen LogP contribution in [0.4, 0.5) is 0 Å². The van der Waals surface area contributed by atoms with Gasteiger partial charge in [-0.1, -0.05) is 6.92 Å². The van der Waals surface area contributed by atoms with Gasteiger partial charge in [0.2, 0.25) is 0 Å². The summed E-state index contributed by atoms with van der Waals surface area (Å²) in [5, 5.41) is 17.1. The molecule has 9 heteroatoms. The molecule has 0 aliphatic rings. The van der Waals surface area contributed by atoms with Gasteiger partial charge in [-0.3, -0.25) is 9.59 Å². The highest BCUT2D eigenvalue weighted by atomic mass is 32.1. The molecule has 4 rings (SSSR count). The first-order chi connectivity index (χ1) is 15.0. The van der Waals surface area contributed by atoms with Crippen LogP contribution in [0.3, 0.4) is 0 Å². The van der Waals surface area contributed by atoms with E-state index >= 15 is 0 Å². The van der Waals surface area contributed by atoms with Crippen molar-refractivity contribution in [2.75, 3.05) is 13.6 Å². The molecule has 2 aromatic carbocycles. The van der Waals surface area contributed by atoms with Crippen LogP contribution >= 0.6 is 11.3 Å². The number of likely N-dealkylation sites (N-methyl/N-ethyl adjacent to an activating group) is 1. The molecule has 0 radical (unpaired) electrons. The van der Waals surface area contributed by atoms with Crippen molar-refractivity contribution in [3.8, 4) is 5.69 Å². The van der Waals surface area contributed by atoms with Crippen molar-refractivity contribution >= 4 is 33.2 Å². The van der Waals surface area contributed by atoms with Crippen LogP contribution in [0, 0.1) is 0 Å². The molecule has 0 spiro atoms. The highest BCUT2D eigenvalue weighted by molar-refractivity contribution is 7.17. The predicted molar refractivity (Wildman–Crippen MR) is 119 cm³/mol. The summed E-state index contributed by atoms with van der Waals surface area (Å²) in [4.78, 5) is 27.2. The lowest BCUT2D eigenvalue weighted by molar-refractivity contribution is 0.0764. The second-order valence-corrected chi connectivity index (χ2v) is 8.19. The van der Waals surface area contributed by atoms with E-state index in [1.54, 1.807) is 47.5 Å². The fraction of sp³-hybridized carbons (Fsp3) is 0.227. The third-order valence-electron chi connectivity index (χ3n) is 5.11. The molecule has 0 fully saturated rings. The SMILES string of the molecule is CCC(CN(C)C(=O)c1ccc2sccc2c1)NC(=O)c1ccc(-n2cnnn2)cc1. The number of fused-ring (bicyclic) bond motifs is 1. The van der Waals surface area contributed by atoms with E-state index in [1.807, 2.05) is 36.6 Å². The molecule has 2 aromatic heterocycles. The zero-order valence-electron chi connectivity index (χ0n) is 17.2. The summed E-state index contributed by atoms with van der Waals surface area (Å²) in [6, 6.07) is 14.6. The van der Waals surface area contributed by atoms with Crippen molar-refractivity contribution in [2.24, 2.45) is 0 Å². The smallest absolute Gasteiger partial charge is 0.253 e. The molecule has 158 valence electrons. The first-order valence-electron chi connectivity index (χ1n) is 9.92. The van der Waals surface area contributed by atoms with E-state index < -0.39 is 0 Å². The summed E-state index contributed by atoms with van der Waals surface area (Å²) < 4.78 is 2.67. The van der Waals surface area contributed by atoms with Crippen LogP contribution in [-0.4, -0.2) is 56.6 Å². The fourth-order valence-electron chi connectivity index (χ4n) is 3.32. The van der Waals surface area contributed by atoms with Gasteiger partial charge >= 0.3 is 0 Å². The van der Waals surface area contributed by atoms with Crippen molar-refractivity contribution in [3.63, 3.8) is 0 Å². The van der Waals surface area contributed by atoms with Crippen LogP contribution in [0.25, 0.3) is 15.8 Å². The molecule has 1 N–H and O–H groups in total. The van der Waals surface area contributed by atoms with Crippen LogP contribution in [0.2, 0.25) is 0 Å². The number of benzene rings is 2. The van der Waals surface area contributed by atoms with Gasteiger partial charge in [0.1, 0.15) is 6.33 Å². The summed E-state index contributed by atoms with van der Waals surface area (Å²) in [7, 11) is 1.76. The minimum Gasteiger partial charge on any atom is -0.348 e. The summed E-state index contributed by atoms with van der Waals surface area (Å²) >= 11 is 1.65. The first-order valence-corrected chi connectivity index (χ1v) is 10.8. The number of carbonyl (C=O) groups is 2. The Balaban J connectivity index is 1.38. The topological polar surface area (TPSA) is 93.0 Å². The average Bonchev–Trinajstić information content (AvgIpc) is 3.49. The van der Waals surface area contributed by atoms with E-state index in [2.05, 4.69) is 20.8 Å². The van der Waals surface area contributed by atoms with Crippen molar-refractivity contribution in [3.05, 3.63) is 71.4 Å². The minimum absolute atomic E-state index is 0.0633. The molecular formula is C22H22N6O2S. The molecule has 2 heterocycles. The predicted octanol–water partition coefficient (Wildman–Crippen LogP) is 3.16. The third-order valence-corrected chi connectivity index (χ3v) is 6.01. The molecular weight excluding hydrogens is 412 g/mol. The van der Waals surface area contributed by atoms with E-state index in [0.717, 1.165) is 15.8 Å².